The number of anilines is 2. The molecule has 3 rings (SSSR count). The maximum Gasteiger partial charge on any atom is 0.306 e. The molecule has 0 aliphatic carbocycles. The predicted molar refractivity (Wildman–Crippen MR) is 104 cm³/mol. The van der Waals surface area contributed by atoms with E-state index in [4.69, 9.17) is 23.2 Å². The van der Waals surface area contributed by atoms with Gasteiger partial charge in [-0.25, -0.2) is 19.3 Å². The number of hydrogen-bond donors (Lipinski definition) is 1. The van der Waals surface area contributed by atoms with Crippen LogP contribution in [0, 0.1) is 5.82 Å². The zero-order valence-electron chi connectivity index (χ0n) is 14.0. The summed E-state index contributed by atoms with van der Waals surface area (Å²) >= 11 is 13.1. The van der Waals surface area contributed by atoms with Crippen molar-refractivity contribution < 1.29 is 13.9 Å². The van der Waals surface area contributed by atoms with Crippen LogP contribution in [0.5, 0.6) is 0 Å². The molecule has 0 aliphatic rings. The highest BCUT2D eigenvalue weighted by Crippen LogP contribution is 2.32. The summed E-state index contributed by atoms with van der Waals surface area (Å²) in [5.74, 6) is -0.125. The molecule has 1 N–H and O–H groups in total. The number of rotatable bonds is 6. The number of carbonyl (C=O) groups excluding carboxylic acids is 1. The average Bonchev–Trinajstić information content (AvgIpc) is 2.68. The number of halogens is 3. The number of nitrogens with one attached hydrogen (secondary N) is 1. The standard InChI is InChI=1S/C17H13Cl2FN4O2S/c1-26-13(25)6-7-27-12-5-4-11-16(24-12)17(22-8-21-11)23-10-3-2-9(18)14(19)15(10)20/h2-5,8H,6-7H2,1H3,(H,21,22,23). The fraction of sp³-hybridized carbons (Fsp3) is 0.176. The number of thioether (sulfide) groups is 1. The second-order valence-electron chi connectivity index (χ2n) is 5.26. The van der Waals surface area contributed by atoms with Crippen LogP contribution in [-0.2, 0) is 9.53 Å². The number of pyridine rings is 1. The van der Waals surface area contributed by atoms with Crippen molar-refractivity contribution in [1.82, 2.24) is 15.0 Å². The molecule has 0 aliphatic heterocycles. The van der Waals surface area contributed by atoms with Gasteiger partial charge in [-0.05, 0) is 24.3 Å². The molecule has 3 aromatic rings. The van der Waals surface area contributed by atoms with Gasteiger partial charge < -0.3 is 10.1 Å². The molecule has 0 unspecified atom stereocenters. The van der Waals surface area contributed by atoms with Gasteiger partial charge in [-0.15, -0.1) is 11.8 Å². The van der Waals surface area contributed by atoms with Gasteiger partial charge in [0.15, 0.2) is 11.6 Å². The number of nitrogens with zero attached hydrogens (tertiary/aromatic N) is 3. The minimum absolute atomic E-state index is 0.120. The van der Waals surface area contributed by atoms with Crippen molar-refractivity contribution in [2.75, 3.05) is 18.2 Å². The molecule has 0 atom stereocenters. The molecule has 0 bridgehead atoms. The lowest BCUT2D eigenvalue weighted by atomic mass is 10.3. The van der Waals surface area contributed by atoms with Crippen molar-refractivity contribution in [1.29, 1.82) is 0 Å². The van der Waals surface area contributed by atoms with E-state index in [-0.39, 0.29) is 28.1 Å². The van der Waals surface area contributed by atoms with Crippen molar-refractivity contribution in [3.63, 3.8) is 0 Å². The van der Waals surface area contributed by atoms with Gasteiger partial charge in [-0.3, -0.25) is 4.79 Å². The molecule has 2 aromatic heterocycles. The van der Waals surface area contributed by atoms with Crippen molar-refractivity contribution in [3.05, 3.63) is 46.5 Å². The van der Waals surface area contributed by atoms with E-state index in [1.54, 1.807) is 12.1 Å². The summed E-state index contributed by atoms with van der Waals surface area (Å²) in [4.78, 5) is 24.0. The first-order valence-corrected chi connectivity index (χ1v) is 9.45. The Bertz CT molecular complexity index is 1010. The fourth-order valence-electron chi connectivity index (χ4n) is 2.19. The molecule has 10 heteroatoms. The molecule has 27 heavy (non-hydrogen) atoms. The van der Waals surface area contributed by atoms with Crippen molar-refractivity contribution in [2.45, 2.75) is 11.4 Å². The Hall–Kier alpha value is -2.16. The van der Waals surface area contributed by atoms with Gasteiger partial charge in [0, 0.05) is 5.75 Å². The normalized spacial score (nSPS) is 10.8. The molecule has 6 nitrogen and oxygen atoms in total. The summed E-state index contributed by atoms with van der Waals surface area (Å²) in [7, 11) is 1.35. The third-order valence-electron chi connectivity index (χ3n) is 3.53. The summed E-state index contributed by atoms with van der Waals surface area (Å²) < 4.78 is 18.9. The van der Waals surface area contributed by atoms with Crippen LogP contribution in [0.1, 0.15) is 6.42 Å². The van der Waals surface area contributed by atoms with E-state index in [2.05, 4.69) is 25.0 Å². The maximum atomic E-state index is 14.3. The molecule has 0 radical (unpaired) electrons. The van der Waals surface area contributed by atoms with Crippen LogP contribution in [0.3, 0.4) is 0 Å². The Morgan fingerprint density at radius 1 is 1.26 bits per heavy atom. The minimum atomic E-state index is -0.681. The van der Waals surface area contributed by atoms with E-state index in [0.717, 1.165) is 0 Å². The zero-order chi connectivity index (χ0) is 19.4. The molecule has 0 fully saturated rings. The lowest BCUT2D eigenvalue weighted by molar-refractivity contribution is -0.140. The highest BCUT2D eigenvalue weighted by molar-refractivity contribution is 7.99. The SMILES string of the molecule is COC(=O)CCSc1ccc2ncnc(Nc3ccc(Cl)c(Cl)c3F)c2n1. The maximum absolute atomic E-state index is 14.3. The molecule has 2 heterocycles. The van der Waals surface area contributed by atoms with Gasteiger partial charge in [0.1, 0.15) is 11.8 Å². The second kappa shape index (κ2) is 8.69. The Kier molecular flexibility index (Phi) is 6.30. The quantitative estimate of drug-likeness (QED) is 0.342. The summed E-state index contributed by atoms with van der Waals surface area (Å²) in [5.41, 5.74) is 1.17. The van der Waals surface area contributed by atoms with Crippen LogP contribution in [0.2, 0.25) is 10.0 Å². The fourth-order valence-corrected chi connectivity index (χ4v) is 3.29. The predicted octanol–water partition coefficient (Wildman–Crippen LogP) is 4.87. The van der Waals surface area contributed by atoms with Crippen LogP contribution in [0.25, 0.3) is 11.0 Å². The summed E-state index contributed by atoms with van der Waals surface area (Å²) in [6, 6.07) is 6.52. The van der Waals surface area contributed by atoms with Crippen molar-refractivity contribution >= 4 is 63.5 Å². The number of hydrogen-bond acceptors (Lipinski definition) is 7. The Morgan fingerprint density at radius 2 is 2.07 bits per heavy atom. The van der Waals surface area contributed by atoms with Gasteiger partial charge in [0.25, 0.3) is 0 Å². The van der Waals surface area contributed by atoms with Gasteiger partial charge in [-0.2, -0.15) is 0 Å². The van der Waals surface area contributed by atoms with Crippen LogP contribution in [-0.4, -0.2) is 33.8 Å². The van der Waals surface area contributed by atoms with Gasteiger partial charge >= 0.3 is 5.97 Å². The summed E-state index contributed by atoms with van der Waals surface area (Å²) in [6.45, 7) is 0. The highest BCUT2D eigenvalue weighted by atomic mass is 35.5. The highest BCUT2D eigenvalue weighted by Gasteiger charge is 2.14. The van der Waals surface area contributed by atoms with Crippen molar-refractivity contribution in [3.8, 4) is 0 Å². The smallest absolute Gasteiger partial charge is 0.306 e. The van der Waals surface area contributed by atoms with Crippen LogP contribution < -0.4 is 5.32 Å². The first kappa shape index (κ1) is 19.6. The number of ether oxygens (including phenoxy) is 1. The molecule has 0 saturated heterocycles. The molecule has 140 valence electrons. The van der Waals surface area contributed by atoms with Gasteiger partial charge in [-0.1, -0.05) is 23.2 Å². The van der Waals surface area contributed by atoms with Crippen molar-refractivity contribution in [2.24, 2.45) is 0 Å². The largest absolute Gasteiger partial charge is 0.469 e. The Balaban J connectivity index is 1.88. The van der Waals surface area contributed by atoms with Crippen LogP contribution >= 0.6 is 35.0 Å². The molecule has 0 spiro atoms. The number of aromatic nitrogens is 3. The lowest BCUT2D eigenvalue weighted by Crippen LogP contribution is -2.02. The topological polar surface area (TPSA) is 77.0 Å². The monoisotopic (exact) mass is 426 g/mol. The first-order chi connectivity index (χ1) is 13.0. The molecule has 0 amide bonds. The zero-order valence-corrected chi connectivity index (χ0v) is 16.3. The number of methoxy groups -OCH3 is 1. The van der Waals surface area contributed by atoms with Gasteiger partial charge in [0.05, 0.1) is 39.8 Å². The van der Waals surface area contributed by atoms with E-state index in [1.807, 2.05) is 0 Å². The van der Waals surface area contributed by atoms with Crippen LogP contribution in [0.15, 0.2) is 35.6 Å². The number of esters is 1. The second-order valence-corrected chi connectivity index (χ2v) is 7.16. The molecular formula is C17H13Cl2FN4O2S. The minimum Gasteiger partial charge on any atom is -0.469 e. The van der Waals surface area contributed by atoms with Gasteiger partial charge in [0.2, 0.25) is 0 Å². The average molecular weight is 427 g/mol. The summed E-state index contributed by atoms with van der Waals surface area (Å²) in [6.07, 6.45) is 1.62. The lowest BCUT2D eigenvalue weighted by Gasteiger charge is -2.10. The molecular weight excluding hydrogens is 414 g/mol. The number of fused-ring (bicyclic) bond motifs is 1. The number of benzene rings is 1. The third-order valence-corrected chi connectivity index (χ3v) is 5.24. The van der Waals surface area contributed by atoms with E-state index in [1.165, 1.54) is 37.3 Å². The molecule has 1 aromatic carbocycles. The van der Waals surface area contributed by atoms with E-state index < -0.39 is 5.82 Å². The third kappa shape index (κ3) is 4.58. The number of carbonyl (C=O) groups is 1. The molecule has 0 saturated carbocycles. The summed E-state index contributed by atoms with van der Waals surface area (Å²) in [5, 5.41) is 3.50. The van der Waals surface area contributed by atoms with E-state index in [0.29, 0.717) is 27.6 Å². The van der Waals surface area contributed by atoms with Crippen LogP contribution in [0.4, 0.5) is 15.9 Å². The van der Waals surface area contributed by atoms with E-state index >= 15 is 0 Å². The Morgan fingerprint density at radius 3 is 2.85 bits per heavy atom. The first-order valence-electron chi connectivity index (χ1n) is 7.71. The van der Waals surface area contributed by atoms with E-state index in [9.17, 15) is 9.18 Å². The Labute approximate surface area is 168 Å².